The highest BCUT2D eigenvalue weighted by Gasteiger charge is 2.13. The van der Waals surface area contributed by atoms with Gasteiger partial charge in [0, 0.05) is 11.4 Å². The molecule has 0 bridgehead atoms. The summed E-state index contributed by atoms with van der Waals surface area (Å²) < 4.78 is 2.26. The van der Waals surface area contributed by atoms with Crippen LogP contribution in [0.5, 0.6) is 0 Å². The van der Waals surface area contributed by atoms with Crippen molar-refractivity contribution >= 4 is 46.2 Å². The molecule has 2 aromatic carbocycles. The molecule has 4 nitrogen and oxygen atoms in total. The molecule has 0 aliphatic rings. The third-order valence-corrected chi connectivity index (χ3v) is 6.34. The Balaban J connectivity index is 1.68. The van der Waals surface area contributed by atoms with Crippen LogP contribution in [0.4, 0.5) is 5.69 Å². The highest BCUT2D eigenvalue weighted by molar-refractivity contribution is 7.99. The Kier molecular flexibility index (Phi) is 7.86. The van der Waals surface area contributed by atoms with E-state index in [2.05, 4.69) is 22.9 Å². The SMILES string of the molecule is CCCCCCn1c(SCC(=O)Nc2ccccc2SC)nc2ccccc21. The van der Waals surface area contributed by atoms with Gasteiger partial charge in [-0.25, -0.2) is 4.98 Å². The molecule has 1 N–H and O–H groups in total. The van der Waals surface area contributed by atoms with Crippen LogP contribution in [0.25, 0.3) is 11.0 Å². The highest BCUT2D eigenvalue weighted by atomic mass is 32.2. The predicted octanol–water partition coefficient (Wildman–Crippen LogP) is 6.07. The smallest absolute Gasteiger partial charge is 0.234 e. The minimum Gasteiger partial charge on any atom is -0.324 e. The van der Waals surface area contributed by atoms with E-state index in [0.29, 0.717) is 5.75 Å². The van der Waals surface area contributed by atoms with Crippen molar-refractivity contribution in [2.45, 2.75) is 49.2 Å². The van der Waals surface area contributed by atoms with Crippen LogP contribution in [0.1, 0.15) is 32.6 Å². The van der Waals surface area contributed by atoms with E-state index in [1.165, 1.54) is 31.0 Å². The van der Waals surface area contributed by atoms with Gasteiger partial charge < -0.3 is 9.88 Å². The van der Waals surface area contributed by atoms with Gasteiger partial charge in [-0.05, 0) is 36.9 Å². The minimum atomic E-state index is -0.00362. The van der Waals surface area contributed by atoms with Gasteiger partial charge in [-0.3, -0.25) is 4.79 Å². The van der Waals surface area contributed by atoms with Gasteiger partial charge >= 0.3 is 0 Å². The van der Waals surface area contributed by atoms with Gasteiger partial charge in [-0.1, -0.05) is 62.2 Å². The van der Waals surface area contributed by atoms with Crippen molar-refractivity contribution in [3.05, 3.63) is 48.5 Å². The van der Waals surface area contributed by atoms with E-state index in [4.69, 9.17) is 4.98 Å². The summed E-state index contributed by atoms with van der Waals surface area (Å²) in [6, 6.07) is 16.1. The lowest BCUT2D eigenvalue weighted by molar-refractivity contribution is -0.113. The topological polar surface area (TPSA) is 46.9 Å². The van der Waals surface area contributed by atoms with Crippen molar-refractivity contribution in [1.29, 1.82) is 0 Å². The van der Waals surface area contributed by atoms with Crippen molar-refractivity contribution in [2.24, 2.45) is 0 Å². The number of imidazole rings is 1. The molecule has 148 valence electrons. The number of aryl methyl sites for hydroxylation is 1. The van der Waals surface area contributed by atoms with Gasteiger partial charge in [-0.15, -0.1) is 11.8 Å². The number of unbranched alkanes of at least 4 members (excludes halogenated alkanes) is 3. The quantitative estimate of drug-likeness (QED) is 0.324. The average molecular weight is 414 g/mol. The van der Waals surface area contributed by atoms with Crippen molar-refractivity contribution in [2.75, 3.05) is 17.3 Å². The summed E-state index contributed by atoms with van der Waals surface area (Å²) in [6.07, 6.45) is 6.85. The monoisotopic (exact) mass is 413 g/mol. The third-order valence-electron chi connectivity index (χ3n) is 4.57. The Morgan fingerprint density at radius 1 is 1.07 bits per heavy atom. The molecular formula is C22H27N3OS2. The summed E-state index contributed by atoms with van der Waals surface area (Å²) in [6.45, 7) is 3.17. The molecule has 1 aromatic heterocycles. The lowest BCUT2D eigenvalue weighted by Gasteiger charge is -2.10. The standard InChI is InChI=1S/C22H27N3OS2/c1-3-4-5-10-15-25-19-13-8-6-11-17(19)24-22(25)28-16-21(26)23-18-12-7-9-14-20(18)27-2/h6-9,11-14H,3-5,10,15-16H2,1-2H3,(H,23,26). The van der Waals surface area contributed by atoms with Gasteiger partial charge in [0.15, 0.2) is 5.16 Å². The molecule has 0 radical (unpaired) electrons. The zero-order chi connectivity index (χ0) is 19.8. The summed E-state index contributed by atoms with van der Waals surface area (Å²) in [5.74, 6) is 0.345. The van der Waals surface area contributed by atoms with Crippen LogP contribution in [-0.2, 0) is 11.3 Å². The molecule has 6 heteroatoms. The summed E-state index contributed by atoms with van der Waals surface area (Å²) in [4.78, 5) is 18.3. The fourth-order valence-electron chi connectivity index (χ4n) is 3.14. The Bertz CT molecular complexity index is 923. The lowest BCUT2D eigenvalue weighted by atomic mass is 10.2. The molecule has 1 heterocycles. The number of anilines is 1. The van der Waals surface area contributed by atoms with Crippen LogP contribution < -0.4 is 5.32 Å². The maximum atomic E-state index is 12.5. The first-order valence-corrected chi connectivity index (χ1v) is 11.9. The number of thioether (sulfide) groups is 2. The summed E-state index contributed by atoms with van der Waals surface area (Å²) in [5, 5.41) is 3.95. The molecule has 0 unspecified atom stereocenters. The first-order valence-electron chi connectivity index (χ1n) is 9.74. The third kappa shape index (κ3) is 5.32. The second-order valence-corrected chi connectivity index (χ2v) is 8.42. The van der Waals surface area contributed by atoms with E-state index >= 15 is 0 Å². The maximum absolute atomic E-state index is 12.5. The Morgan fingerprint density at radius 3 is 2.68 bits per heavy atom. The van der Waals surface area contributed by atoms with Crippen molar-refractivity contribution in [3.63, 3.8) is 0 Å². The molecular weight excluding hydrogens is 386 g/mol. The number of fused-ring (bicyclic) bond motifs is 1. The molecule has 28 heavy (non-hydrogen) atoms. The molecule has 1 amide bonds. The molecule has 0 fully saturated rings. The summed E-state index contributed by atoms with van der Waals surface area (Å²) >= 11 is 3.14. The Hall–Kier alpha value is -1.92. The normalized spacial score (nSPS) is 11.1. The van der Waals surface area contributed by atoms with E-state index in [1.807, 2.05) is 48.7 Å². The lowest BCUT2D eigenvalue weighted by Crippen LogP contribution is -2.15. The van der Waals surface area contributed by atoms with Crippen LogP contribution in [-0.4, -0.2) is 27.5 Å². The van der Waals surface area contributed by atoms with E-state index in [-0.39, 0.29) is 5.91 Å². The van der Waals surface area contributed by atoms with Crippen LogP contribution in [0.2, 0.25) is 0 Å². The molecule has 0 atom stereocenters. The van der Waals surface area contributed by atoms with Crippen LogP contribution in [0.15, 0.2) is 58.6 Å². The van der Waals surface area contributed by atoms with Crippen LogP contribution in [0.3, 0.4) is 0 Å². The fraction of sp³-hybridized carbons (Fsp3) is 0.364. The first kappa shape index (κ1) is 20.8. The number of nitrogens with one attached hydrogen (secondary N) is 1. The number of aromatic nitrogens is 2. The number of hydrogen-bond acceptors (Lipinski definition) is 4. The van der Waals surface area contributed by atoms with Gasteiger partial charge in [0.2, 0.25) is 5.91 Å². The van der Waals surface area contributed by atoms with Crippen molar-refractivity contribution in [1.82, 2.24) is 9.55 Å². The Morgan fingerprint density at radius 2 is 1.86 bits per heavy atom. The van der Waals surface area contributed by atoms with Crippen LogP contribution in [0, 0.1) is 0 Å². The van der Waals surface area contributed by atoms with Gasteiger partial charge in [0.05, 0.1) is 22.5 Å². The first-order chi connectivity index (χ1) is 13.7. The molecule has 3 rings (SSSR count). The number of benzene rings is 2. The van der Waals surface area contributed by atoms with Crippen LogP contribution >= 0.6 is 23.5 Å². The maximum Gasteiger partial charge on any atom is 0.234 e. The number of carbonyl (C=O) groups excluding carboxylic acids is 1. The van der Waals surface area contributed by atoms with Gasteiger partial charge in [0.25, 0.3) is 0 Å². The highest BCUT2D eigenvalue weighted by Crippen LogP contribution is 2.27. The molecule has 0 aliphatic heterocycles. The zero-order valence-corrected chi connectivity index (χ0v) is 18.1. The largest absolute Gasteiger partial charge is 0.324 e. The summed E-state index contributed by atoms with van der Waals surface area (Å²) in [7, 11) is 0. The molecule has 0 spiro atoms. The predicted molar refractivity (Wildman–Crippen MR) is 121 cm³/mol. The van der Waals surface area contributed by atoms with Crippen molar-refractivity contribution in [3.8, 4) is 0 Å². The van der Waals surface area contributed by atoms with Gasteiger partial charge in [0.1, 0.15) is 0 Å². The summed E-state index contributed by atoms with van der Waals surface area (Å²) in [5.41, 5.74) is 3.01. The van der Waals surface area contributed by atoms with E-state index < -0.39 is 0 Å². The second kappa shape index (κ2) is 10.6. The molecule has 0 saturated carbocycles. The number of rotatable bonds is 10. The Labute approximate surface area is 175 Å². The molecule has 3 aromatic rings. The molecule has 0 saturated heterocycles. The van der Waals surface area contributed by atoms with E-state index in [0.717, 1.165) is 39.7 Å². The fourth-order valence-corrected chi connectivity index (χ4v) is 4.54. The number of amides is 1. The van der Waals surface area contributed by atoms with E-state index in [9.17, 15) is 4.79 Å². The number of para-hydroxylation sites is 3. The van der Waals surface area contributed by atoms with E-state index in [1.54, 1.807) is 11.8 Å². The number of carbonyl (C=O) groups is 1. The van der Waals surface area contributed by atoms with Gasteiger partial charge in [-0.2, -0.15) is 0 Å². The number of hydrogen-bond donors (Lipinski definition) is 1. The average Bonchev–Trinajstić information content (AvgIpc) is 3.07. The second-order valence-electron chi connectivity index (χ2n) is 6.63. The zero-order valence-electron chi connectivity index (χ0n) is 16.5. The minimum absolute atomic E-state index is 0.00362. The van der Waals surface area contributed by atoms with Crippen molar-refractivity contribution < 1.29 is 4.79 Å². The number of nitrogens with zero attached hydrogens (tertiary/aromatic N) is 2. The molecule has 0 aliphatic carbocycles.